The van der Waals surface area contributed by atoms with E-state index in [1.165, 1.54) is 0 Å². The maximum Gasteiger partial charge on any atom is 0.245 e. The quantitative estimate of drug-likeness (QED) is 0.790. The highest BCUT2D eigenvalue weighted by atomic mass is 15.4. The third-order valence-corrected chi connectivity index (χ3v) is 2.27. The Morgan fingerprint density at radius 2 is 1.67 bits per heavy atom. The van der Waals surface area contributed by atoms with Gasteiger partial charge in [-0.2, -0.15) is 4.98 Å². The van der Waals surface area contributed by atoms with Crippen molar-refractivity contribution in [3.05, 3.63) is 5.82 Å². The maximum atomic E-state index is 5.73. The van der Waals surface area contributed by atoms with E-state index in [9.17, 15) is 0 Å². The molecule has 0 aliphatic heterocycles. The lowest BCUT2D eigenvalue weighted by molar-refractivity contribution is 0.592. The van der Waals surface area contributed by atoms with E-state index in [2.05, 4.69) is 47.8 Å². The molecule has 0 amide bonds. The molecule has 1 aromatic rings. The van der Waals surface area contributed by atoms with Crippen molar-refractivity contribution in [2.75, 3.05) is 4.90 Å². The molecule has 0 unspecified atom stereocenters. The number of nitrogens with zero attached hydrogens (tertiary/aromatic N) is 3. The van der Waals surface area contributed by atoms with Gasteiger partial charge in [-0.25, -0.2) is 0 Å². The minimum absolute atomic E-state index is 0.104. The second-order valence-corrected chi connectivity index (χ2v) is 4.40. The van der Waals surface area contributed by atoms with Crippen LogP contribution in [0, 0.1) is 0 Å². The third-order valence-electron chi connectivity index (χ3n) is 2.27. The molecular weight excluding hydrogens is 190 g/mol. The largest absolute Gasteiger partial charge is 0.335 e. The molecule has 1 atom stereocenters. The van der Waals surface area contributed by atoms with Crippen LogP contribution in [0.25, 0.3) is 0 Å². The SMILES string of the molecule is CC(C)N(c1n[nH]c([C@H](C)N)n1)C(C)C. The van der Waals surface area contributed by atoms with E-state index in [1.54, 1.807) is 0 Å². The molecule has 1 heterocycles. The molecule has 3 N–H and O–H groups in total. The fourth-order valence-corrected chi connectivity index (χ4v) is 1.64. The molecule has 0 radical (unpaired) electrons. The number of nitrogens with one attached hydrogen (secondary N) is 1. The van der Waals surface area contributed by atoms with Crippen molar-refractivity contribution in [1.82, 2.24) is 15.2 Å². The number of anilines is 1. The van der Waals surface area contributed by atoms with Crippen LogP contribution in [-0.2, 0) is 0 Å². The van der Waals surface area contributed by atoms with Crippen LogP contribution in [0.5, 0.6) is 0 Å². The van der Waals surface area contributed by atoms with Gasteiger partial charge < -0.3 is 10.6 Å². The number of aromatic nitrogens is 3. The lowest BCUT2D eigenvalue weighted by Gasteiger charge is -2.29. The zero-order valence-electron chi connectivity index (χ0n) is 10.2. The summed E-state index contributed by atoms with van der Waals surface area (Å²) in [5, 5.41) is 7.06. The summed E-state index contributed by atoms with van der Waals surface area (Å²) in [6.07, 6.45) is 0. The summed E-state index contributed by atoms with van der Waals surface area (Å²) in [6.45, 7) is 10.4. The van der Waals surface area contributed by atoms with Gasteiger partial charge in [0.1, 0.15) is 5.82 Å². The van der Waals surface area contributed by atoms with Crippen LogP contribution in [0.2, 0.25) is 0 Å². The highest BCUT2D eigenvalue weighted by Crippen LogP contribution is 2.16. The maximum absolute atomic E-state index is 5.73. The highest BCUT2D eigenvalue weighted by Gasteiger charge is 2.19. The Morgan fingerprint density at radius 1 is 1.13 bits per heavy atom. The monoisotopic (exact) mass is 211 g/mol. The molecule has 15 heavy (non-hydrogen) atoms. The Hall–Kier alpha value is -1.10. The van der Waals surface area contributed by atoms with E-state index >= 15 is 0 Å². The molecule has 0 aromatic carbocycles. The van der Waals surface area contributed by atoms with Crippen LogP contribution in [0.3, 0.4) is 0 Å². The second kappa shape index (κ2) is 4.61. The van der Waals surface area contributed by atoms with Gasteiger partial charge in [0.15, 0.2) is 0 Å². The van der Waals surface area contributed by atoms with Crippen molar-refractivity contribution >= 4 is 5.95 Å². The number of H-pyrrole nitrogens is 1. The lowest BCUT2D eigenvalue weighted by atomic mass is 10.2. The molecule has 1 aromatic heterocycles. The van der Waals surface area contributed by atoms with Crippen molar-refractivity contribution in [1.29, 1.82) is 0 Å². The first kappa shape index (κ1) is 12.0. The van der Waals surface area contributed by atoms with Crippen molar-refractivity contribution in [3.8, 4) is 0 Å². The van der Waals surface area contributed by atoms with Crippen molar-refractivity contribution < 1.29 is 0 Å². The van der Waals surface area contributed by atoms with Gasteiger partial charge in [-0.05, 0) is 34.6 Å². The molecule has 0 aliphatic carbocycles. The van der Waals surface area contributed by atoms with Crippen LogP contribution in [-0.4, -0.2) is 27.3 Å². The van der Waals surface area contributed by atoms with E-state index in [-0.39, 0.29) is 6.04 Å². The summed E-state index contributed by atoms with van der Waals surface area (Å²) in [5.74, 6) is 1.46. The van der Waals surface area contributed by atoms with Crippen LogP contribution < -0.4 is 10.6 Å². The van der Waals surface area contributed by atoms with E-state index in [4.69, 9.17) is 5.73 Å². The van der Waals surface area contributed by atoms with Gasteiger partial charge in [-0.1, -0.05) is 0 Å². The summed E-state index contributed by atoms with van der Waals surface area (Å²) >= 11 is 0. The summed E-state index contributed by atoms with van der Waals surface area (Å²) in [6, 6.07) is 0.649. The summed E-state index contributed by atoms with van der Waals surface area (Å²) in [5.41, 5.74) is 5.73. The van der Waals surface area contributed by atoms with Crippen LogP contribution in [0.1, 0.15) is 46.5 Å². The van der Waals surface area contributed by atoms with Crippen molar-refractivity contribution in [3.63, 3.8) is 0 Å². The molecule has 0 fully saturated rings. The van der Waals surface area contributed by atoms with Gasteiger partial charge >= 0.3 is 0 Å². The van der Waals surface area contributed by atoms with E-state index in [0.717, 1.165) is 11.8 Å². The van der Waals surface area contributed by atoms with Crippen molar-refractivity contribution in [2.45, 2.75) is 52.7 Å². The van der Waals surface area contributed by atoms with Crippen LogP contribution in [0.15, 0.2) is 0 Å². The Bertz CT molecular complexity index is 295. The summed E-state index contributed by atoms with van der Waals surface area (Å²) < 4.78 is 0. The van der Waals surface area contributed by atoms with Gasteiger partial charge in [0, 0.05) is 12.1 Å². The van der Waals surface area contributed by atoms with E-state index in [1.807, 2.05) is 6.92 Å². The number of aromatic amines is 1. The minimum Gasteiger partial charge on any atom is -0.335 e. The Labute approximate surface area is 91.1 Å². The lowest BCUT2D eigenvalue weighted by Crippen LogP contribution is -2.37. The zero-order valence-corrected chi connectivity index (χ0v) is 10.2. The predicted molar refractivity (Wildman–Crippen MR) is 61.7 cm³/mol. The smallest absolute Gasteiger partial charge is 0.245 e. The number of nitrogens with two attached hydrogens (primary N) is 1. The Kier molecular flexibility index (Phi) is 3.68. The standard InChI is InChI=1S/C10H21N5/c1-6(2)15(7(3)4)10-12-9(8(5)11)13-14-10/h6-8H,11H2,1-5H3,(H,12,13,14)/t8-/m0/s1. The molecule has 0 aliphatic rings. The van der Waals surface area contributed by atoms with Gasteiger partial charge in [0.05, 0.1) is 6.04 Å². The average molecular weight is 211 g/mol. The molecule has 0 spiro atoms. The predicted octanol–water partition coefficient (Wildman–Crippen LogP) is 1.45. The van der Waals surface area contributed by atoms with Gasteiger partial charge in [-0.3, -0.25) is 5.10 Å². The molecule has 1 rings (SSSR count). The first-order valence-corrected chi connectivity index (χ1v) is 5.39. The number of hydrogen-bond acceptors (Lipinski definition) is 4. The fraction of sp³-hybridized carbons (Fsp3) is 0.800. The topological polar surface area (TPSA) is 70.8 Å². The van der Waals surface area contributed by atoms with E-state index < -0.39 is 0 Å². The van der Waals surface area contributed by atoms with E-state index in [0.29, 0.717) is 12.1 Å². The second-order valence-electron chi connectivity index (χ2n) is 4.40. The number of rotatable bonds is 4. The molecule has 86 valence electrons. The van der Waals surface area contributed by atoms with Gasteiger partial charge in [0.2, 0.25) is 5.95 Å². The van der Waals surface area contributed by atoms with Gasteiger partial charge in [-0.15, -0.1) is 5.10 Å². The van der Waals surface area contributed by atoms with Crippen molar-refractivity contribution in [2.24, 2.45) is 5.73 Å². The molecule has 5 nitrogen and oxygen atoms in total. The molecular formula is C10H21N5. The van der Waals surface area contributed by atoms with Crippen LogP contribution >= 0.6 is 0 Å². The first-order chi connectivity index (χ1) is 6.93. The van der Waals surface area contributed by atoms with Crippen LogP contribution in [0.4, 0.5) is 5.95 Å². The molecule has 0 saturated heterocycles. The highest BCUT2D eigenvalue weighted by molar-refractivity contribution is 5.31. The fourth-order valence-electron chi connectivity index (χ4n) is 1.64. The zero-order chi connectivity index (χ0) is 11.6. The Balaban J connectivity index is 2.92. The summed E-state index contributed by atoms with van der Waals surface area (Å²) in [4.78, 5) is 6.54. The Morgan fingerprint density at radius 3 is 2.00 bits per heavy atom. The molecule has 5 heteroatoms. The first-order valence-electron chi connectivity index (χ1n) is 5.39. The number of hydrogen-bond donors (Lipinski definition) is 2. The average Bonchev–Trinajstić information content (AvgIpc) is 2.51. The van der Waals surface area contributed by atoms with Gasteiger partial charge in [0.25, 0.3) is 0 Å². The molecule has 0 bridgehead atoms. The molecule has 0 saturated carbocycles. The third kappa shape index (κ3) is 2.68. The normalized spacial score (nSPS) is 13.6. The minimum atomic E-state index is -0.104. The summed E-state index contributed by atoms with van der Waals surface area (Å²) in [7, 11) is 0.